The summed E-state index contributed by atoms with van der Waals surface area (Å²) in [5.74, 6) is 0.609. The van der Waals surface area contributed by atoms with Crippen molar-refractivity contribution >= 4 is 0 Å². The van der Waals surface area contributed by atoms with Gasteiger partial charge in [-0.3, -0.25) is 0 Å². The standard InChI is InChI=1S/C15H22FNO/c1-3-17-13-6-4-5-7-15(13)18-14-9-8-12(16)10-11(14)2/h8-10,13,15,17H,3-7H2,1-2H3. The second-order valence-electron chi connectivity index (χ2n) is 5.01. The third kappa shape index (κ3) is 3.22. The molecule has 1 saturated carbocycles. The number of rotatable bonds is 4. The van der Waals surface area contributed by atoms with E-state index in [4.69, 9.17) is 4.74 Å². The van der Waals surface area contributed by atoms with Crippen molar-refractivity contribution in [1.82, 2.24) is 5.32 Å². The van der Waals surface area contributed by atoms with E-state index in [-0.39, 0.29) is 11.9 Å². The second kappa shape index (κ2) is 6.19. The predicted octanol–water partition coefficient (Wildman–Crippen LogP) is 3.43. The SMILES string of the molecule is CCNC1CCCCC1Oc1ccc(F)cc1C. The molecule has 0 aromatic heterocycles. The van der Waals surface area contributed by atoms with E-state index in [0.717, 1.165) is 24.3 Å². The van der Waals surface area contributed by atoms with E-state index in [0.29, 0.717) is 6.04 Å². The second-order valence-corrected chi connectivity index (χ2v) is 5.01. The summed E-state index contributed by atoms with van der Waals surface area (Å²) < 4.78 is 19.1. The average molecular weight is 251 g/mol. The number of likely N-dealkylation sites (N-methyl/N-ethyl adjacent to an activating group) is 1. The molecular weight excluding hydrogens is 229 g/mol. The van der Waals surface area contributed by atoms with Gasteiger partial charge in [-0.25, -0.2) is 4.39 Å². The van der Waals surface area contributed by atoms with Gasteiger partial charge in [0.15, 0.2) is 0 Å². The van der Waals surface area contributed by atoms with E-state index < -0.39 is 0 Å². The molecule has 0 bridgehead atoms. The highest BCUT2D eigenvalue weighted by atomic mass is 19.1. The molecule has 1 aliphatic carbocycles. The number of nitrogens with one attached hydrogen (secondary N) is 1. The Balaban J connectivity index is 2.06. The summed E-state index contributed by atoms with van der Waals surface area (Å²) in [6.07, 6.45) is 4.93. The fourth-order valence-electron chi connectivity index (χ4n) is 2.64. The van der Waals surface area contributed by atoms with Crippen LogP contribution in [0.25, 0.3) is 0 Å². The van der Waals surface area contributed by atoms with Gasteiger partial charge in [-0.1, -0.05) is 13.3 Å². The number of hydrogen-bond donors (Lipinski definition) is 1. The Bertz CT molecular complexity index is 392. The molecule has 0 spiro atoms. The first-order chi connectivity index (χ1) is 8.70. The molecule has 2 atom stereocenters. The van der Waals surface area contributed by atoms with Crippen molar-refractivity contribution in [2.45, 2.75) is 51.7 Å². The molecule has 3 heteroatoms. The molecule has 0 heterocycles. The van der Waals surface area contributed by atoms with Crippen molar-refractivity contribution in [2.24, 2.45) is 0 Å². The summed E-state index contributed by atoms with van der Waals surface area (Å²) >= 11 is 0. The van der Waals surface area contributed by atoms with Gasteiger partial charge in [-0.05, 0) is 56.5 Å². The first kappa shape index (κ1) is 13.3. The highest BCUT2D eigenvalue weighted by Crippen LogP contribution is 2.26. The number of ether oxygens (including phenoxy) is 1. The van der Waals surface area contributed by atoms with Crippen molar-refractivity contribution in [2.75, 3.05) is 6.54 Å². The van der Waals surface area contributed by atoms with Crippen molar-refractivity contribution in [1.29, 1.82) is 0 Å². The number of hydrogen-bond acceptors (Lipinski definition) is 2. The van der Waals surface area contributed by atoms with E-state index in [9.17, 15) is 4.39 Å². The van der Waals surface area contributed by atoms with Gasteiger partial charge >= 0.3 is 0 Å². The van der Waals surface area contributed by atoms with Gasteiger partial charge in [0.1, 0.15) is 17.7 Å². The van der Waals surface area contributed by atoms with Crippen molar-refractivity contribution < 1.29 is 9.13 Å². The zero-order chi connectivity index (χ0) is 13.0. The van der Waals surface area contributed by atoms with E-state index in [1.165, 1.54) is 31.4 Å². The van der Waals surface area contributed by atoms with Crippen LogP contribution in [0, 0.1) is 12.7 Å². The topological polar surface area (TPSA) is 21.3 Å². The Kier molecular flexibility index (Phi) is 4.59. The molecular formula is C15H22FNO. The summed E-state index contributed by atoms with van der Waals surface area (Å²) in [5, 5.41) is 3.49. The van der Waals surface area contributed by atoms with E-state index >= 15 is 0 Å². The molecule has 0 saturated heterocycles. The van der Waals surface area contributed by atoms with Crippen LogP contribution < -0.4 is 10.1 Å². The molecule has 2 rings (SSSR count). The maximum absolute atomic E-state index is 13.1. The van der Waals surface area contributed by atoms with Crippen LogP contribution in [-0.2, 0) is 0 Å². The van der Waals surface area contributed by atoms with Crippen molar-refractivity contribution in [3.63, 3.8) is 0 Å². The normalized spacial score (nSPS) is 23.9. The largest absolute Gasteiger partial charge is 0.489 e. The van der Waals surface area contributed by atoms with Crippen LogP contribution in [0.15, 0.2) is 18.2 Å². The molecule has 1 aliphatic rings. The van der Waals surface area contributed by atoms with Crippen LogP contribution >= 0.6 is 0 Å². The Morgan fingerprint density at radius 1 is 1.33 bits per heavy atom. The fourth-order valence-corrected chi connectivity index (χ4v) is 2.64. The number of benzene rings is 1. The Morgan fingerprint density at radius 3 is 2.83 bits per heavy atom. The highest BCUT2D eigenvalue weighted by molar-refractivity contribution is 5.32. The molecule has 18 heavy (non-hydrogen) atoms. The maximum Gasteiger partial charge on any atom is 0.123 e. The van der Waals surface area contributed by atoms with Crippen LogP contribution in [0.4, 0.5) is 4.39 Å². The van der Waals surface area contributed by atoms with Crippen LogP contribution in [0.3, 0.4) is 0 Å². The van der Waals surface area contributed by atoms with Gasteiger partial charge < -0.3 is 10.1 Å². The van der Waals surface area contributed by atoms with Crippen molar-refractivity contribution in [3.05, 3.63) is 29.6 Å². The summed E-state index contributed by atoms with van der Waals surface area (Å²) in [7, 11) is 0. The quantitative estimate of drug-likeness (QED) is 0.885. The third-order valence-electron chi connectivity index (χ3n) is 3.58. The molecule has 1 aromatic carbocycles. The summed E-state index contributed by atoms with van der Waals surface area (Å²) in [4.78, 5) is 0. The number of halogens is 1. The molecule has 0 radical (unpaired) electrons. The van der Waals surface area contributed by atoms with Gasteiger partial charge in [0, 0.05) is 6.04 Å². The number of aryl methyl sites for hydroxylation is 1. The minimum atomic E-state index is -0.202. The van der Waals surface area contributed by atoms with Crippen molar-refractivity contribution in [3.8, 4) is 5.75 Å². The van der Waals surface area contributed by atoms with E-state index in [1.807, 2.05) is 6.92 Å². The molecule has 0 amide bonds. The molecule has 2 nitrogen and oxygen atoms in total. The first-order valence-electron chi connectivity index (χ1n) is 6.87. The van der Waals surface area contributed by atoms with Gasteiger partial charge in [0.2, 0.25) is 0 Å². The zero-order valence-corrected chi connectivity index (χ0v) is 11.2. The molecule has 1 N–H and O–H groups in total. The summed E-state index contributed by atoms with van der Waals surface area (Å²) in [6, 6.07) is 5.16. The highest BCUT2D eigenvalue weighted by Gasteiger charge is 2.26. The lowest BCUT2D eigenvalue weighted by atomic mass is 9.92. The van der Waals surface area contributed by atoms with Crippen LogP contribution in [0.1, 0.15) is 38.2 Å². The molecule has 1 fully saturated rings. The molecule has 2 unspecified atom stereocenters. The van der Waals surface area contributed by atoms with Gasteiger partial charge in [0.05, 0.1) is 0 Å². The Morgan fingerprint density at radius 2 is 2.11 bits per heavy atom. The first-order valence-corrected chi connectivity index (χ1v) is 6.87. The smallest absolute Gasteiger partial charge is 0.123 e. The lowest BCUT2D eigenvalue weighted by Gasteiger charge is -2.32. The fraction of sp³-hybridized carbons (Fsp3) is 0.600. The monoisotopic (exact) mass is 251 g/mol. The van der Waals surface area contributed by atoms with Gasteiger partial charge in [0.25, 0.3) is 0 Å². The average Bonchev–Trinajstić information content (AvgIpc) is 2.35. The summed E-state index contributed by atoms with van der Waals surface area (Å²) in [5.41, 5.74) is 0.871. The third-order valence-corrected chi connectivity index (χ3v) is 3.58. The van der Waals surface area contributed by atoms with Gasteiger partial charge in [-0.15, -0.1) is 0 Å². The van der Waals surface area contributed by atoms with Crippen LogP contribution in [-0.4, -0.2) is 18.7 Å². The minimum absolute atomic E-state index is 0.202. The van der Waals surface area contributed by atoms with E-state index in [1.54, 1.807) is 6.07 Å². The Hall–Kier alpha value is -1.09. The molecule has 100 valence electrons. The summed E-state index contributed by atoms with van der Waals surface area (Å²) in [6.45, 7) is 4.98. The van der Waals surface area contributed by atoms with Crippen LogP contribution in [0.2, 0.25) is 0 Å². The molecule has 0 aliphatic heterocycles. The predicted molar refractivity (Wildman–Crippen MR) is 71.5 cm³/mol. The lowest BCUT2D eigenvalue weighted by molar-refractivity contribution is 0.114. The lowest BCUT2D eigenvalue weighted by Crippen LogP contribution is -2.45. The van der Waals surface area contributed by atoms with Crippen LogP contribution in [0.5, 0.6) is 5.75 Å². The minimum Gasteiger partial charge on any atom is -0.489 e. The zero-order valence-electron chi connectivity index (χ0n) is 11.2. The van der Waals surface area contributed by atoms with E-state index in [2.05, 4.69) is 12.2 Å². The molecule has 1 aromatic rings. The maximum atomic E-state index is 13.1. The Labute approximate surface area is 109 Å². The van der Waals surface area contributed by atoms with Gasteiger partial charge in [-0.2, -0.15) is 0 Å².